The Balaban J connectivity index is 1.61. The second-order valence-electron chi connectivity index (χ2n) is 4.68. The Kier molecular flexibility index (Phi) is 5.42. The highest BCUT2D eigenvalue weighted by Crippen LogP contribution is 2.07. The Labute approximate surface area is 109 Å². The van der Waals surface area contributed by atoms with Crippen molar-refractivity contribution in [3.05, 3.63) is 23.9 Å². The highest BCUT2D eigenvalue weighted by molar-refractivity contribution is 5.16. The molecule has 0 atom stereocenters. The van der Waals surface area contributed by atoms with Crippen LogP contribution in [0.1, 0.15) is 18.4 Å². The molecule has 100 valence electrons. The number of pyridine rings is 1. The van der Waals surface area contributed by atoms with Crippen LogP contribution in [-0.2, 0) is 4.74 Å². The Bertz CT molecular complexity index is 332. The predicted molar refractivity (Wildman–Crippen MR) is 71.0 cm³/mol. The Morgan fingerprint density at radius 3 is 3.11 bits per heavy atom. The van der Waals surface area contributed by atoms with Crippen LogP contribution in [0.2, 0.25) is 0 Å². The number of rotatable bonds is 5. The lowest BCUT2D eigenvalue weighted by Crippen LogP contribution is -2.28. The SMILES string of the molecule is Cc1ccc(OCCCN2CCCOCC2)nc1. The van der Waals surface area contributed by atoms with Crippen molar-refractivity contribution in [3.8, 4) is 5.88 Å². The predicted octanol–water partition coefficient (Wildman–Crippen LogP) is 1.88. The van der Waals surface area contributed by atoms with Gasteiger partial charge in [0.15, 0.2) is 0 Å². The molecule has 18 heavy (non-hydrogen) atoms. The van der Waals surface area contributed by atoms with E-state index < -0.39 is 0 Å². The van der Waals surface area contributed by atoms with Gasteiger partial charge >= 0.3 is 0 Å². The van der Waals surface area contributed by atoms with Crippen molar-refractivity contribution in [2.75, 3.05) is 39.5 Å². The zero-order chi connectivity index (χ0) is 12.6. The Hall–Kier alpha value is -1.13. The molecule has 1 aliphatic heterocycles. The smallest absolute Gasteiger partial charge is 0.213 e. The number of nitrogens with zero attached hydrogens (tertiary/aromatic N) is 2. The van der Waals surface area contributed by atoms with Gasteiger partial charge in [-0.2, -0.15) is 0 Å². The van der Waals surface area contributed by atoms with E-state index in [0.717, 1.165) is 63.7 Å². The number of ether oxygens (including phenoxy) is 2. The van der Waals surface area contributed by atoms with Gasteiger partial charge < -0.3 is 14.4 Å². The topological polar surface area (TPSA) is 34.6 Å². The van der Waals surface area contributed by atoms with Crippen LogP contribution in [-0.4, -0.2) is 49.3 Å². The molecule has 1 aromatic heterocycles. The third-order valence-corrected chi connectivity index (χ3v) is 3.07. The van der Waals surface area contributed by atoms with Gasteiger partial charge in [0.1, 0.15) is 0 Å². The second-order valence-corrected chi connectivity index (χ2v) is 4.68. The minimum atomic E-state index is 0.722. The fourth-order valence-electron chi connectivity index (χ4n) is 2.03. The lowest BCUT2D eigenvalue weighted by Gasteiger charge is -2.18. The minimum Gasteiger partial charge on any atom is -0.478 e. The zero-order valence-corrected chi connectivity index (χ0v) is 11.1. The normalized spacial score (nSPS) is 17.4. The summed E-state index contributed by atoms with van der Waals surface area (Å²) in [7, 11) is 0. The van der Waals surface area contributed by atoms with Gasteiger partial charge in [-0.05, 0) is 25.3 Å². The molecule has 4 nitrogen and oxygen atoms in total. The molecular formula is C14H22N2O2. The standard InChI is InChI=1S/C14H22N2O2/c1-13-4-5-14(15-12-13)18-10-3-7-16-6-2-9-17-11-8-16/h4-5,12H,2-3,6-11H2,1H3. The van der Waals surface area contributed by atoms with Crippen molar-refractivity contribution in [1.29, 1.82) is 0 Å². The first kappa shape index (κ1) is 13.3. The van der Waals surface area contributed by atoms with Gasteiger partial charge in [-0.25, -0.2) is 4.98 Å². The molecule has 1 aromatic rings. The molecule has 0 radical (unpaired) electrons. The molecule has 0 saturated carbocycles. The maximum atomic E-state index is 5.61. The first-order valence-electron chi connectivity index (χ1n) is 6.70. The monoisotopic (exact) mass is 250 g/mol. The van der Waals surface area contributed by atoms with E-state index in [1.807, 2.05) is 25.3 Å². The summed E-state index contributed by atoms with van der Waals surface area (Å²) in [5, 5.41) is 0. The van der Waals surface area contributed by atoms with Crippen molar-refractivity contribution >= 4 is 0 Å². The van der Waals surface area contributed by atoms with Crippen LogP contribution in [0.4, 0.5) is 0 Å². The van der Waals surface area contributed by atoms with E-state index in [0.29, 0.717) is 0 Å². The molecular weight excluding hydrogens is 228 g/mol. The lowest BCUT2D eigenvalue weighted by molar-refractivity contribution is 0.140. The Morgan fingerprint density at radius 2 is 2.28 bits per heavy atom. The first-order valence-corrected chi connectivity index (χ1v) is 6.70. The highest BCUT2D eigenvalue weighted by Gasteiger charge is 2.08. The van der Waals surface area contributed by atoms with E-state index in [2.05, 4.69) is 9.88 Å². The number of hydrogen-bond acceptors (Lipinski definition) is 4. The average Bonchev–Trinajstić information content (AvgIpc) is 2.65. The van der Waals surface area contributed by atoms with E-state index in [-0.39, 0.29) is 0 Å². The molecule has 2 rings (SSSR count). The van der Waals surface area contributed by atoms with E-state index in [9.17, 15) is 0 Å². The summed E-state index contributed by atoms with van der Waals surface area (Å²) >= 11 is 0. The van der Waals surface area contributed by atoms with Crippen LogP contribution >= 0.6 is 0 Å². The minimum absolute atomic E-state index is 0.722. The van der Waals surface area contributed by atoms with Crippen LogP contribution in [0.15, 0.2) is 18.3 Å². The number of aromatic nitrogens is 1. The van der Waals surface area contributed by atoms with Gasteiger partial charge in [-0.3, -0.25) is 0 Å². The van der Waals surface area contributed by atoms with Crippen molar-refractivity contribution in [2.24, 2.45) is 0 Å². The average molecular weight is 250 g/mol. The summed E-state index contributed by atoms with van der Waals surface area (Å²) in [6.07, 6.45) is 4.01. The quantitative estimate of drug-likeness (QED) is 0.747. The molecule has 0 aliphatic carbocycles. The van der Waals surface area contributed by atoms with Crippen molar-refractivity contribution in [2.45, 2.75) is 19.8 Å². The molecule has 1 aliphatic rings. The van der Waals surface area contributed by atoms with E-state index in [1.54, 1.807) is 0 Å². The van der Waals surface area contributed by atoms with Crippen LogP contribution in [0.3, 0.4) is 0 Å². The molecule has 0 N–H and O–H groups in total. The molecule has 1 saturated heterocycles. The summed E-state index contributed by atoms with van der Waals surface area (Å²) in [6, 6.07) is 3.95. The summed E-state index contributed by atoms with van der Waals surface area (Å²) in [5.41, 5.74) is 1.16. The van der Waals surface area contributed by atoms with Gasteiger partial charge in [0.05, 0.1) is 13.2 Å². The fourth-order valence-corrected chi connectivity index (χ4v) is 2.03. The van der Waals surface area contributed by atoms with E-state index in [4.69, 9.17) is 9.47 Å². The summed E-state index contributed by atoms with van der Waals surface area (Å²) < 4.78 is 11.0. The van der Waals surface area contributed by atoms with Crippen molar-refractivity contribution < 1.29 is 9.47 Å². The molecule has 0 spiro atoms. The fraction of sp³-hybridized carbons (Fsp3) is 0.643. The molecule has 2 heterocycles. The van der Waals surface area contributed by atoms with Gasteiger partial charge in [0, 0.05) is 38.5 Å². The molecule has 4 heteroatoms. The lowest BCUT2D eigenvalue weighted by atomic mass is 10.3. The third kappa shape index (κ3) is 4.63. The molecule has 0 amide bonds. The summed E-state index contributed by atoms with van der Waals surface area (Å²) in [4.78, 5) is 6.67. The van der Waals surface area contributed by atoms with Gasteiger partial charge in [-0.15, -0.1) is 0 Å². The number of hydrogen-bond donors (Lipinski definition) is 0. The largest absolute Gasteiger partial charge is 0.478 e. The molecule has 1 fully saturated rings. The van der Waals surface area contributed by atoms with Gasteiger partial charge in [0.2, 0.25) is 5.88 Å². The van der Waals surface area contributed by atoms with Gasteiger partial charge in [0.25, 0.3) is 0 Å². The van der Waals surface area contributed by atoms with Crippen molar-refractivity contribution in [1.82, 2.24) is 9.88 Å². The molecule has 0 bridgehead atoms. The number of aryl methyl sites for hydroxylation is 1. The van der Waals surface area contributed by atoms with Crippen molar-refractivity contribution in [3.63, 3.8) is 0 Å². The maximum Gasteiger partial charge on any atom is 0.213 e. The second kappa shape index (κ2) is 7.34. The molecule has 0 aromatic carbocycles. The highest BCUT2D eigenvalue weighted by atomic mass is 16.5. The van der Waals surface area contributed by atoms with E-state index >= 15 is 0 Å². The van der Waals surface area contributed by atoms with Gasteiger partial charge in [-0.1, -0.05) is 6.07 Å². The Morgan fingerprint density at radius 1 is 1.33 bits per heavy atom. The van der Waals surface area contributed by atoms with Crippen LogP contribution in [0, 0.1) is 6.92 Å². The summed E-state index contributed by atoms with van der Waals surface area (Å²) in [6.45, 7) is 7.78. The van der Waals surface area contributed by atoms with Crippen LogP contribution in [0.25, 0.3) is 0 Å². The summed E-state index contributed by atoms with van der Waals surface area (Å²) in [5.74, 6) is 0.722. The zero-order valence-electron chi connectivity index (χ0n) is 11.1. The van der Waals surface area contributed by atoms with E-state index in [1.165, 1.54) is 0 Å². The first-order chi connectivity index (χ1) is 8.84. The maximum absolute atomic E-state index is 5.61. The van der Waals surface area contributed by atoms with Crippen LogP contribution in [0.5, 0.6) is 5.88 Å². The molecule has 0 unspecified atom stereocenters. The third-order valence-electron chi connectivity index (χ3n) is 3.07. The van der Waals surface area contributed by atoms with Crippen LogP contribution < -0.4 is 4.74 Å².